The smallest absolute Gasteiger partial charge is 0.240 e. The number of nitrogens with one attached hydrogen (secondary N) is 2. The van der Waals surface area contributed by atoms with Crippen LogP contribution in [0.4, 0.5) is 17.1 Å². The Hall–Kier alpha value is -5.12. The summed E-state index contributed by atoms with van der Waals surface area (Å²) in [6.45, 7) is 0. The molecule has 1 aliphatic rings. The fourth-order valence-electron chi connectivity index (χ4n) is 5.61. The zero-order valence-corrected chi connectivity index (χ0v) is 20.0. The highest BCUT2D eigenvalue weighted by molar-refractivity contribution is 6.07. The Morgan fingerprint density at radius 3 is 2.43 bits per heavy atom. The van der Waals surface area contributed by atoms with Gasteiger partial charge in [0.1, 0.15) is 12.7 Å². The van der Waals surface area contributed by atoms with Gasteiger partial charge in [0.25, 0.3) is 0 Å². The molecule has 0 amide bonds. The van der Waals surface area contributed by atoms with Crippen molar-refractivity contribution < 1.29 is 0 Å². The first kappa shape index (κ1) is 20.1. The van der Waals surface area contributed by atoms with Crippen LogP contribution in [-0.4, -0.2) is 54.2 Å². The summed E-state index contributed by atoms with van der Waals surface area (Å²) in [7, 11) is 3.84. The van der Waals surface area contributed by atoms with Crippen LogP contribution in [0.3, 0.4) is 0 Å². The van der Waals surface area contributed by atoms with E-state index in [-0.39, 0.29) is 5.92 Å². The molecule has 5 heterocycles. The lowest BCUT2D eigenvalue weighted by Crippen LogP contribution is -2.11. The van der Waals surface area contributed by atoms with Crippen LogP contribution >= 0.6 is 0 Å². The topological polar surface area (TPSA) is 110 Å². The van der Waals surface area contributed by atoms with Gasteiger partial charge in [-0.15, -0.1) is 0 Å². The normalized spacial score (nSPS) is 14.9. The van der Waals surface area contributed by atoms with Crippen LogP contribution in [-0.2, 0) is 0 Å². The molecule has 0 radical (unpaired) electrons. The highest BCUT2D eigenvalue weighted by atomic mass is 15.2. The second-order valence-electron chi connectivity index (χ2n) is 9.03. The van der Waals surface area contributed by atoms with E-state index >= 15 is 0 Å². The molecule has 2 N–H and O–H groups in total. The summed E-state index contributed by atoms with van der Waals surface area (Å²) >= 11 is 0. The predicted octanol–water partition coefficient (Wildman–Crippen LogP) is 4.53. The molecular weight excluding hydrogens is 464 g/mol. The molecule has 178 valence electrons. The quantitative estimate of drug-likeness (QED) is 0.378. The Balaban J connectivity index is 1.46. The van der Waals surface area contributed by atoms with E-state index in [0.29, 0.717) is 11.6 Å². The van der Waals surface area contributed by atoms with Crippen molar-refractivity contribution in [3.8, 4) is 5.82 Å². The largest absolute Gasteiger partial charge is 0.388 e. The maximum atomic E-state index is 5.03. The predicted molar refractivity (Wildman–Crippen MR) is 145 cm³/mol. The summed E-state index contributed by atoms with van der Waals surface area (Å²) < 4.78 is 3.96. The molecule has 10 heteroatoms. The highest BCUT2D eigenvalue weighted by Crippen LogP contribution is 2.44. The third-order valence-electron chi connectivity index (χ3n) is 7.23. The van der Waals surface area contributed by atoms with Gasteiger partial charge in [0.2, 0.25) is 11.6 Å². The van der Waals surface area contributed by atoms with Crippen molar-refractivity contribution in [1.29, 1.82) is 0 Å². The van der Waals surface area contributed by atoms with Crippen molar-refractivity contribution in [1.82, 2.24) is 33.9 Å². The molecule has 37 heavy (non-hydrogen) atoms. The van der Waals surface area contributed by atoms with Crippen LogP contribution in [0.15, 0.2) is 66.2 Å². The number of aromatic nitrogens is 7. The lowest BCUT2D eigenvalue weighted by molar-refractivity contribution is 0.956. The van der Waals surface area contributed by atoms with E-state index in [9.17, 15) is 0 Å². The Morgan fingerprint density at radius 2 is 1.57 bits per heavy atom. The number of hydrogen-bond acceptors (Lipinski definition) is 8. The monoisotopic (exact) mass is 484 g/mol. The van der Waals surface area contributed by atoms with Crippen LogP contribution in [0.25, 0.3) is 44.7 Å². The average Bonchev–Trinajstić information content (AvgIpc) is 3.68. The maximum Gasteiger partial charge on any atom is 0.240 e. The molecule has 0 aliphatic carbocycles. The third-order valence-corrected chi connectivity index (χ3v) is 7.23. The van der Waals surface area contributed by atoms with Crippen LogP contribution < -0.4 is 10.6 Å². The standard InChI is InChI=1S/C27H20N10/c1-28-17-5-3-6-18-21(17)16(11-30-18)22-14-9-10-15-23(14)37-26(34-22)31-12-32-27(37)35-25(15)36-13-33-20-8-4-7-19(29-2)24(20)36/h3-13,16,28-29H,1-2H3. The van der Waals surface area contributed by atoms with Crippen LogP contribution in [0.5, 0.6) is 0 Å². The van der Waals surface area contributed by atoms with Crippen molar-refractivity contribution in [3.63, 3.8) is 0 Å². The minimum Gasteiger partial charge on any atom is -0.388 e. The Kier molecular flexibility index (Phi) is 3.91. The molecule has 1 atom stereocenters. The van der Waals surface area contributed by atoms with Gasteiger partial charge in [0.05, 0.1) is 39.5 Å². The van der Waals surface area contributed by atoms with Gasteiger partial charge in [0.15, 0.2) is 5.82 Å². The van der Waals surface area contributed by atoms with E-state index in [4.69, 9.17) is 15.0 Å². The first-order chi connectivity index (χ1) is 18.3. The second kappa shape index (κ2) is 7.20. The van der Waals surface area contributed by atoms with Crippen molar-refractivity contribution in [2.75, 3.05) is 24.7 Å². The van der Waals surface area contributed by atoms with Crippen LogP contribution in [0.2, 0.25) is 0 Å². The number of benzene rings is 2. The van der Waals surface area contributed by atoms with Crippen molar-refractivity contribution in [2.24, 2.45) is 4.99 Å². The fourth-order valence-corrected chi connectivity index (χ4v) is 5.61. The number of aliphatic imine (C=N–C) groups is 1. The Morgan fingerprint density at radius 1 is 0.784 bits per heavy atom. The van der Waals surface area contributed by atoms with Gasteiger partial charge >= 0.3 is 0 Å². The summed E-state index contributed by atoms with van der Waals surface area (Å²) in [5.41, 5.74) is 7.81. The van der Waals surface area contributed by atoms with Gasteiger partial charge in [-0.2, -0.15) is 4.98 Å². The molecule has 10 nitrogen and oxygen atoms in total. The number of anilines is 2. The molecule has 3 aromatic carbocycles. The molecule has 0 spiro atoms. The van der Waals surface area contributed by atoms with E-state index in [1.165, 1.54) is 6.33 Å². The summed E-state index contributed by atoms with van der Waals surface area (Å²) in [5, 5.41) is 8.59. The van der Waals surface area contributed by atoms with E-state index in [2.05, 4.69) is 43.8 Å². The molecule has 0 bridgehead atoms. The molecule has 1 aliphatic heterocycles. The number of fused-ring (bicyclic) bond motifs is 2. The lowest BCUT2D eigenvalue weighted by Gasteiger charge is -2.17. The maximum absolute atomic E-state index is 5.03. The summed E-state index contributed by atoms with van der Waals surface area (Å²) in [6.07, 6.45) is 5.31. The van der Waals surface area contributed by atoms with E-state index < -0.39 is 0 Å². The second-order valence-corrected chi connectivity index (χ2v) is 9.03. The molecule has 0 saturated carbocycles. The van der Waals surface area contributed by atoms with E-state index in [0.717, 1.165) is 61.5 Å². The molecule has 0 fully saturated rings. The number of rotatable bonds is 4. The van der Waals surface area contributed by atoms with Gasteiger partial charge in [-0.3, -0.25) is 9.56 Å². The summed E-state index contributed by atoms with van der Waals surface area (Å²) in [5.74, 6) is 1.74. The molecule has 1 unspecified atom stereocenters. The number of imidazole rings is 1. The van der Waals surface area contributed by atoms with Crippen molar-refractivity contribution in [3.05, 3.63) is 72.4 Å². The molecular formula is C27H20N10. The third kappa shape index (κ3) is 2.58. The van der Waals surface area contributed by atoms with Crippen molar-refractivity contribution >= 4 is 62.2 Å². The van der Waals surface area contributed by atoms with Gasteiger partial charge in [-0.25, -0.2) is 24.3 Å². The van der Waals surface area contributed by atoms with Crippen LogP contribution in [0.1, 0.15) is 17.2 Å². The molecule has 7 aromatic rings. The minimum absolute atomic E-state index is 0.107. The van der Waals surface area contributed by atoms with Crippen molar-refractivity contribution in [2.45, 2.75) is 5.92 Å². The van der Waals surface area contributed by atoms with E-state index in [1.54, 1.807) is 0 Å². The number of hydrogen-bond donors (Lipinski definition) is 2. The lowest BCUT2D eigenvalue weighted by atomic mass is 9.94. The average molecular weight is 485 g/mol. The SMILES string of the molecule is CNc1cccc2c1C(c1nc3ncnc4nc(-n5cnc6cccc(NC)c65)c5ccc1c5n34)C=N2. The summed E-state index contributed by atoms with van der Waals surface area (Å²) in [4.78, 5) is 28.4. The zero-order chi connectivity index (χ0) is 24.7. The first-order valence-corrected chi connectivity index (χ1v) is 12.0. The van der Waals surface area contributed by atoms with E-state index in [1.807, 2.05) is 65.9 Å². The number of para-hydroxylation sites is 1. The Labute approximate surface area is 210 Å². The summed E-state index contributed by atoms with van der Waals surface area (Å²) in [6, 6.07) is 16.4. The van der Waals surface area contributed by atoms with Gasteiger partial charge in [-0.1, -0.05) is 18.2 Å². The zero-order valence-electron chi connectivity index (χ0n) is 20.0. The van der Waals surface area contributed by atoms with Crippen LogP contribution in [0, 0.1) is 0 Å². The molecule has 8 rings (SSSR count). The molecule has 0 saturated heterocycles. The molecule has 4 aromatic heterocycles. The highest BCUT2D eigenvalue weighted by Gasteiger charge is 2.29. The van der Waals surface area contributed by atoms with Gasteiger partial charge < -0.3 is 10.6 Å². The van der Waals surface area contributed by atoms with Gasteiger partial charge in [-0.05, 0) is 30.3 Å². The van der Waals surface area contributed by atoms with Gasteiger partial charge in [0, 0.05) is 42.3 Å². The minimum atomic E-state index is -0.107. The Bertz CT molecular complexity index is 2030. The number of nitrogens with zero attached hydrogens (tertiary/aromatic N) is 8. The fraction of sp³-hybridized carbons (Fsp3) is 0.111. The first-order valence-electron chi connectivity index (χ1n) is 12.0.